The zero-order valence-electron chi connectivity index (χ0n) is 17.9. The number of aromatic nitrogens is 2. The minimum atomic E-state index is -3.71. The zero-order chi connectivity index (χ0) is 22.9. The summed E-state index contributed by atoms with van der Waals surface area (Å²) < 4.78 is 43.8. The van der Waals surface area contributed by atoms with Gasteiger partial charge in [-0.05, 0) is 54.7 Å². The largest absolute Gasteiger partial charge is 0.322 e. The number of sulfonamides is 1. The number of hydrogen-bond donors (Lipinski definition) is 1. The van der Waals surface area contributed by atoms with Crippen LogP contribution in [0.1, 0.15) is 30.6 Å². The second kappa shape index (κ2) is 8.84. The fourth-order valence-electron chi connectivity index (χ4n) is 4.15. The summed E-state index contributed by atoms with van der Waals surface area (Å²) in [5.41, 5.74) is 0.755. The Balaban J connectivity index is 1.53. The highest BCUT2D eigenvalue weighted by Gasteiger charge is 2.32. The Morgan fingerprint density at radius 2 is 1.88 bits per heavy atom. The van der Waals surface area contributed by atoms with E-state index in [1.54, 1.807) is 24.5 Å². The topological polar surface area (TPSA) is 84.3 Å². The second-order valence-electron chi connectivity index (χ2n) is 8.39. The minimum Gasteiger partial charge on any atom is -0.322 e. The Bertz CT molecular complexity index is 1220. The lowest BCUT2D eigenvalue weighted by Crippen LogP contribution is -2.42. The summed E-state index contributed by atoms with van der Waals surface area (Å²) in [6.45, 7) is 5.01. The highest BCUT2D eigenvalue weighted by molar-refractivity contribution is 7.89. The van der Waals surface area contributed by atoms with E-state index in [1.807, 2.05) is 13.8 Å². The number of piperidine rings is 1. The van der Waals surface area contributed by atoms with Gasteiger partial charge in [-0.25, -0.2) is 17.8 Å². The van der Waals surface area contributed by atoms with Crippen molar-refractivity contribution >= 4 is 21.6 Å². The first kappa shape index (κ1) is 22.2. The molecule has 2 heterocycles. The smallest absolute Gasteiger partial charge is 0.255 e. The third kappa shape index (κ3) is 4.58. The first-order valence-corrected chi connectivity index (χ1v) is 11.9. The third-order valence-corrected chi connectivity index (χ3v) is 7.39. The minimum absolute atomic E-state index is 0.0769. The summed E-state index contributed by atoms with van der Waals surface area (Å²) in [4.78, 5) is 16.7. The summed E-state index contributed by atoms with van der Waals surface area (Å²) in [7, 11) is -3.71. The number of hydrogen-bond acceptors (Lipinski definition) is 4. The molecule has 0 radical (unpaired) electrons. The Kier molecular flexibility index (Phi) is 6.12. The van der Waals surface area contributed by atoms with E-state index in [-0.39, 0.29) is 28.0 Å². The summed E-state index contributed by atoms with van der Waals surface area (Å²) in [5.74, 6) is -0.483. The average Bonchev–Trinajstić information content (AvgIpc) is 3.28. The standard InChI is InChI=1S/C23H25FN4O3S/c1-16-10-17(2)14-28(13-16)32(30,31)20-5-3-4-18(11-20)23(29)26-19-6-7-22(21(24)12-19)27-9-8-25-15-27/h3-9,11-12,15-17H,10,13-14H2,1-2H3,(H,26,29)/t16-,17-/m1/s1. The van der Waals surface area contributed by atoms with Crippen molar-refractivity contribution in [3.05, 3.63) is 72.6 Å². The number of anilines is 1. The van der Waals surface area contributed by atoms with E-state index in [9.17, 15) is 17.6 Å². The molecule has 1 aliphatic heterocycles. The Hall–Kier alpha value is -3.04. The molecule has 4 rings (SSSR count). The first-order valence-electron chi connectivity index (χ1n) is 10.4. The molecule has 1 aromatic heterocycles. The quantitative estimate of drug-likeness (QED) is 0.631. The van der Waals surface area contributed by atoms with Gasteiger partial charge in [0.15, 0.2) is 0 Å². The number of halogens is 1. The molecule has 0 saturated carbocycles. The van der Waals surface area contributed by atoms with Crippen molar-refractivity contribution in [2.45, 2.75) is 25.2 Å². The summed E-state index contributed by atoms with van der Waals surface area (Å²) in [6.07, 6.45) is 5.63. The van der Waals surface area contributed by atoms with Crippen LogP contribution in [0.2, 0.25) is 0 Å². The molecule has 7 nitrogen and oxygen atoms in total. The molecule has 1 fully saturated rings. The van der Waals surface area contributed by atoms with Crippen LogP contribution >= 0.6 is 0 Å². The van der Waals surface area contributed by atoms with Crippen molar-refractivity contribution in [1.29, 1.82) is 0 Å². The predicted octanol–water partition coefficient (Wildman–Crippen LogP) is 3.93. The normalized spacial score (nSPS) is 19.6. The molecule has 1 N–H and O–H groups in total. The number of carbonyl (C=O) groups excluding carboxylic acids is 1. The van der Waals surface area contributed by atoms with E-state index in [0.29, 0.717) is 18.8 Å². The fourth-order valence-corrected chi connectivity index (χ4v) is 5.87. The molecule has 168 valence electrons. The monoisotopic (exact) mass is 456 g/mol. The van der Waals surface area contributed by atoms with Crippen molar-refractivity contribution in [3.63, 3.8) is 0 Å². The van der Waals surface area contributed by atoms with Crippen LogP contribution in [-0.2, 0) is 10.0 Å². The maximum atomic E-state index is 14.5. The van der Waals surface area contributed by atoms with E-state index in [0.717, 1.165) is 6.42 Å². The van der Waals surface area contributed by atoms with Gasteiger partial charge in [-0.3, -0.25) is 4.79 Å². The SMILES string of the molecule is C[C@@H]1C[C@@H](C)CN(S(=O)(=O)c2cccc(C(=O)Nc3ccc(-n4ccnc4)c(F)c3)c2)C1. The Morgan fingerprint density at radius 3 is 2.53 bits per heavy atom. The maximum Gasteiger partial charge on any atom is 0.255 e. The number of nitrogens with zero attached hydrogens (tertiary/aromatic N) is 3. The molecule has 0 aliphatic carbocycles. The van der Waals surface area contributed by atoms with Gasteiger partial charge in [0.2, 0.25) is 10.0 Å². The number of imidazole rings is 1. The number of nitrogens with one attached hydrogen (secondary N) is 1. The lowest BCUT2D eigenvalue weighted by atomic mass is 9.94. The zero-order valence-corrected chi connectivity index (χ0v) is 18.7. The second-order valence-corrected chi connectivity index (χ2v) is 10.3. The average molecular weight is 457 g/mol. The van der Waals surface area contributed by atoms with Crippen LogP contribution in [0, 0.1) is 17.7 Å². The van der Waals surface area contributed by atoms with Crippen LogP contribution in [0.3, 0.4) is 0 Å². The summed E-state index contributed by atoms with van der Waals surface area (Å²) in [6, 6.07) is 10.3. The molecule has 1 aliphatic rings. The highest BCUT2D eigenvalue weighted by atomic mass is 32.2. The lowest BCUT2D eigenvalue weighted by Gasteiger charge is -2.34. The van der Waals surface area contributed by atoms with Crippen LogP contribution < -0.4 is 5.32 Å². The molecule has 1 amide bonds. The van der Waals surface area contributed by atoms with Gasteiger partial charge in [0, 0.05) is 36.7 Å². The van der Waals surface area contributed by atoms with Crippen molar-refractivity contribution in [2.24, 2.45) is 11.8 Å². The number of rotatable bonds is 5. The van der Waals surface area contributed by atoms with Gasteiger partial charge in [0.25, 0.3) is 5.91 Å². The van der Waals surface area contributed by atoms with E-state index >= 15 is 0 Å². The highest BCUT2D eigenvalue weighted by Crippen LogP contribution is 2.27. The molecule has 0 bridgehead atoms. The number of benzene rings is 2. The molecule has 3 aromatic rings. The summed E-state index contributed by atoms with van der Waals surface area (Å²) >= 11 is 0. The van der Waals surface area contributed by atoms with E-state index in [2.05, 4.69) is 10.3 Å². The van der Waals surface area contributed by atoms with E-state index in [4.69, 9.17) is 0 Å². The number of carbonyl (C=O) groups is 1. The molecule has 2 atom stereocenters. The molecule has 32 heavy (non-hydrogen) atoms. The van der Waals surface area contributed by atoms with Gasteiger partial charge < -0.3 is 9.88 Å². The van der Waals surface area contributed by atoms with E-state index < -0.39 is 21.7 Å². The number of amides is 1. The molecule has 0 spiro atoms. The first-order chi connectivity index (χ1) is 15.2. The lowest BCUT2D eigenvalue weighted by molar-refractivity contribution is 0.102. The van der Waals surface area contributed by atoms with Crippen molar-refractivity contribution in [3.8, 4) is 5.69 Å². The van der Waals surface area contributed by atoms with Gasteiger partial charge in [-0.2, -0.15) is 4.31 Å². The van der Waals surface area contributed by atoms with Gasteiger partial charge in [0.05, 0.1) is 16.9 Å². The third-order valence-electron chi connectivity index (χ3n) is 5.56. The molecular weight excluding hydrogens is 431 g/mol. The van der Waals surface area contributed by atoms with Crippen molar-refractivity contribution in [2.75, 3.05) is 18.4 Å². The van der Waals surface area contributed by atoms with Crippen LogP contribution in [0.4, 0.5) is 10.1 Å². The van der Waals surface area contributed by atoms with Gasteiger partial charge in [-0.1, -0.05) is 19.9 Å². The van der Waals surface area contributed by atoms with Crippen LogP contribution in [0.25, 0.3) is 5.69 Å². The maximum absolute atomic E-state index is 14.5. The molecule has 2 aromatic carbocycles. The Morgan fingerprint density at radius 1 is 1.12 bits per heavy atom. The van der Waals surface area contributed by atoms with E-state index in [1.165, 1.54) is 45.5 Å². The van der Waals surface area contributed by atoms with Gasteiger partial charge in [-0.15, -0.1) is 0 Å². The predicted molar refractivity (Wildman–Crippen MR) is 120 cm³/mol. The molecule has 1 saturated heterocycles. The summed E-state index contributed by atoms with van der Waals surface area (Å²) in [5, 5.41) is 2.63. The molecular formula is C23H25FN4O3S. The fraction of sp³-hybridized carbons (Fsp3) is 0.304. The van der Waals surface area contributed by atoms with Crippen LogP contribution in [0.5, 0.6) is 0 Å². The van der Waals surface area contributed by atoms with Crippen molar-refractivity contribution in [1.82, 2.24) is 13.9 Å². The van der Waals surface area contributed by atoms with Crippen LogP contribution in [-0.4, -0.2) is 41.3 Å². The molecule has 0 unspecified atom stereocenters. The van der Waals surface area contributed by atoms with Gasteiger partial charge in [0.1, 0.15) is 5.82 Å². The molecule has 9 heteroatoms. The van der Waals surface area contributed by atoms with Gasteiger partial charge >= 0.3 is 0 Å². The van der Waals surface area contributed by atoms with Crippen molar-refractivity contribution < 1.29 is 17.6 Å². The Labute approximate surface area is 186 Å². The van der Waals surface area contributed by atoms with Crippen LogP contribution in [0.15, 0.2) is 66.1 Å².